The molecule has 2 amide bonds. The molecule has 0 unspecified atom stereocenters. The van der Waals surface area contributed by atoms with E-state index in [4.69, 9.17) is 19.9 Å². The molecule has 1 saturated heterocycles. The first-order valence-corrected chi connectivity index (χ1v) is 13.1. The second-order valence-corrected chi connectivity index (χ2v) is 9.74. The number of hydrogen-bond donors (Lipinski definition) is 3. The van der Waals surface area contributed by atoms with Crippen molar-refractivity contribution in [3.63, 3.8) is 0 Å². The number of nitrogens with two attached hydrogens (primary N) is 1. The van der Waals surface area contributed by atoms with E-state index in [2.05, 4.69) is 25.6 Å². The van der Waals surface area contributed by atoms with Crippen LogP contribution in [0.3, 0.4) is 0 Å². The van der Waals surface area contributed by atoms with Gasteiger partial charge in [-0.25, -0.2) is 23.7 Å². The van der Waals surface area contributed by atoms with Gasteiger partial charge >= 0.3 is 12.2 Å². The standard InChI is InChI=1S/C28H24F4N8O3/c29-21-6-3-17(28(30,31)32)11-22(21)38-27(41)37-18-4-1-16(2-5-18)23-20(13-40-24(23)25(33)34-15-35-40)26-36-19(14-43-26)12-39-7-9-42-10-8-39/h1-6,11,13-15H,7-10,12H2,(H2,33,34,35)(H2,37,38,41). The lowest BCUT2D eigenvalue weighted by atomic mass is 10.0. The summed E-state index contributed by atoms with van der Waals surface area (Å²) in [5.41, 5.74) is 8.01. The number of fused-ring (bicyclic) bond motifs is 1. The summed E-state index contributed by atoms with van der Waals surface area (Å²) in [5, 5.41) is 8.87. The van der Waals surface area contributed by atoms with Crippen LogP contribution in [0.1, 0.15) is 11.3 Å². The summed E-state index contributed by atoms with van der Waals surface area (Å²) in [6, 6.07) is 7.38. The lowest BCUT2D eigenvalue weighted by molar-refractivity contribution is -0.137. The highest BCUT2D eigenvalue weighted by Gasteiger charge is 2.31. The fraction of sp³-hybridized carbons (Fsp3) is 0.214. The maximum atomic E-state index is 14.1. The molecule has 0 spiro atoms. The minimum atomic E-state index is -4.69. The number of oxazole rings is 1. The van der Waals surface area contributed by atoms with Gasteiger partial charge in [0.1, 0.15) is 23.9 Å². The number of ether oxygens (including phenoxy) is 1. The summed E-state index contributed by atoms with van der Waals surface area (Å²) < 4.78 is 65.9. The van der Waals surface area contributed by atoms with Crippen molar-refractivity contribution in [3.8, 4) is 22.6 Å². The molecular weight excluding hydrogens is 572 g/mol. The zero-order valence-corrected chi connectivity index (χ0v) is 22.4. The number of nitrogen functional groups attached to an aromatic ring is 1. The van der Waals surface area contributed by atoms with E-state index in [1.807, 2.05) is 0 Å². The second-order valence-electron chi connectivity index (χ2n) is 9.74. The van der Waals surface area contributed by atoms with Crippen LogP contribution in [0.5, 0.6) is 0 Å². The van der Waals surface area contributed by atoms with Gasteiger partial charge in [0, 0.05) is 37.1 Å². The Bertz CT molecular complexity index is 1780. The number of benzene rings is 2. The number of alkyl halides is 3. The molecule has 5 aromatic rings. The number of anilines is 3. The van der Waals surface area contributed by atoms with E-state index in [1.165, 1.54) is 6.33 Å². The van der Waals surface area contributed by atoms with E-state index in [0.717, 1.165) is 18.8 Å². The van der Waals surface area contributed by atoms with Gasteiger partial charge in [-0.3, -0.25) is 4.90 Å². The summed E-state index contributed by atoms with van der Waals surface area (Å²) in [5.74, 6) is -0.431. The molecular formula is C28H24F4N8O3. The average molecular weight is 597 g/mol. The molecule has 6 rings (SSSR count). The predicted molar refractivity (Wildman–Crippen MR) is 148 cm³/mol. The van der Waals surface area contributed by atoms with Crippen molar-refractivity contribution in [2.45, 2.75) is 12.7 Å². The average Bonchev–Trinajstić information content (AvgIpc) is 3.60. The van der Waals surface area contributed by atoms with Gasteiger partial charge < -0.3 is 25.5 Å². The van der Waals surface area contributed by atoms with Crippen LogP contribution in [0.15, 0.2) is 65.7 Å². The minimum absolute atomic E-state index is 0.223. The molecule has 0 bridgehead atoms. The van der Waals surface area contributed by atoms with Gasteiger partial charge in [-0.05, 0) is 35.9 Å². The molecule has 1 aliphatic heterocycles. The summed E-state index contributed by atoms with van der Waals surface area (Å²) in [6.07, 6.45) is -0.0300. The highest BCUT2D eigenvalue weighted by Crippen LogP contribution is 2.39. The molecule has 2 aromatic carbocycles. The molecule has 1 fully saturated rings. The third-order valence-corrected chi connectivity index (χ3v) is 6.85. The van der Waals surface area contributed by atoms with Gasteiger partial charge in [-0.2, -0.15) is 18.3 Å². The molecule has 0 radical (unpaired) electrons. The lowest BCUT2D eigenvalue weighted by Gasteiger charge is -2.25. The van der Waals surface area contributed by atoms with E-state index >= 15 is 0 Å². The molecule has 43 heavy (non-hydrogen) atoms. The number of hydrogen-bond acceptors (Lipinski definition) is 8. The highest BCUT2D eigenvalue weighted by molar-refractivity contribution is 6.01. The largest absolute Gasteiger partial charge is 0.444 e. The number of rotatable bonds is 6. The number of nitrogens with zero attached hydrogens (tertiary/aromatic N) is 5. The Morgan fingerprint density at radius 3 is 2.58 bits per heavy atom. The molecule has 11 nitrogen and oxygen atoms in total. The number of morpholine rings is 1. The number of carbonyl (C=O) groups is 1. The first-order chi connectivity index (χ1) is 20.7. The Hall–Kier alpha value is -5.02. The number of urea groups is 1. The van der Waals surface area contributed by atoms with Crippen molar-refractivity contribution in [3.05, 3.63) is 78.3 Å². The van der Waals surface area contributed by atoms with Gasteiger partial charge in [0.25, 0.3) is 0 Å². The Balaban J connectivity index is 1.25. The molecule has 4 N–H and O–H groups in total. The number of amides is 2. The molecule has 0 aliphatic carbocycles. The van der Waals surface area contributed by atoms with Crippen molar-refractivity contribution < 1.29 is 31.5 Å². The van der Waals surface area contributed by atoms with Gasteiger partial charge in [-0.1, -0.05) is 12.1 Å². The van der Waals surface area contributed by atoms with E-state index in [0.29, 0.717) is 71.7 Å². The molecule has 0 saturated carbocycles. The Morgan fingerprint density at radius 2 is 1.84 bits per heavy atom. The van der Waals surface area contributed by atoms with Crippen LogP contribution >= 0.6 is 0 Å². The van der Waals surface area contributed by atoms with Crippen LogP contribution in [0.2, 0.25) is 0 Å². The fourth-order valence-electron chi connectivity index (χ4n) is 4.78. The third kappa shape index (κ3) is 5.98. The van der Waals surface area contributed by atoms with Crippen molar-refractivity contribution in [1.82, 2.24) is 24.5 Å². The topological polar surface area (TPSA) is 136 Å². The molecule has 3 aromatic heterocycles. The van der Waals surface area contributed by atoms with Crippen LogP contribution in [-0.2, 0) is 17.5 Å². The van der Waals surface area contributed by atoms with Crippen molar-refractivity contribution >= 4 is 28.7 Å². The number of halogens is 4. The number of aromatic nitrogens is 4. The monoisotopic (exact) mass is 596 g/mol. The molecule has 15 heteroatoms. The lowest BCUT2D eigenvalue weighted by Crippen LogP contribution is -2.35. The van der Waals surface area contributed by atoms with Gasteiger partial charge in [-0.15, -0.1) is 0 Å². The highest BCUT2D eigenvalue weighted by atomic mass is 19.4. The SMILES string of the molecule is Nc1ncnn2cc(-c3nc(CN4CCOCC4)co3)c(-c3ccc(NC(=O)Nc4cc(C(F)(F)F)ccc4F)cc3)c12. The summed E-state index contributed by atoms with van der Waals surface area (Å²) in [4.78, 5) is 23.5. The third-order valence-electron chi connectivity index (χ3n) is 6.85. The predicted octanol–water partition coefficient (Wildman–Crippen LogP) is 5.27. The smallest absolute Gasteiger partial charge is 0.416 e. The van der Waals surface area contributed by atoms with Crippen molar-refractivity contribution in [1.29, 1.82) is 0 Å². The maximum absolute atomic E-state index is 14.1. The van der Waals surface area contributed by atoms with Crippen molar-refractivity contribution in [2.24, 2.45) is 0 Å². The molecule has 1 aliphatic rings. The fourth-order valence-corrected chi connectivity index (χ4v) is 4.78. The number of nitrogens with one attached hydrogen (secondary N) is 2. The van der Waals surface area contributed by atoms with Crippen LogP contribution in [0, 0.1) is 5.82 Å². The Kier molecular flexibility index (Phi) is 7.41. The van der Waals surface area contributed by atoms with Crippen molar-refractivity contribution in [2.75, 3.05) is 42.7 Å². The van der Waals surface area contributed by atoms with Crippen LogP contribution < -0.4 is 16.4 Å². The first-order valence-electron chi connectivity index (χ1n) is 13.1. The zero-order chi connectivity index (χ0) is 30.1. The van der Waals surface area contributed by atoms with E-state index in [-0.39, 0.29) is 5.82 Å². The molecule has 0 atom stereocenters. The Labute approximate surface area is 241 Å². The quantitative estimate of drug-likeness (QED) is 0.226. The van der Waals surface area contributed by atoms with Crippen LogP contribution in [0.4, 0.5) is 39.5 Å². The minimum Gasteiger partial charge on any atom is -0.444 e. The van der Waals surface area contributed by atoms with E-state index in [1.54, 1.807) is 41.2 Å². The maximum Gasteiger partial charge on any atom is 0.416 e. The van der Waals surface area contributed by atoms with Gasteiger partial charge in [0.15, 0.2) is 5.82 Å². The zero-order valence-electron chi connectivity index (χ0n) is 22.4. The second kappa shape index (κ2) is 11.3. The summed E-state index contributed by atoms with van der Waals surface area (Å²) in [7, 11) is 0. The van der Waals surface area contributed by atoms with Crippen LogP contribution in [-0.4, -0.2) is 56.8 Å². The van der Waals surface area contributed by atoms with Gasteiger partial charge in [0.05, 0.1) is 35.7 Å². The normalized spacial score (nSPS) is 14.2. The number of carbonyl (C=O) groups excluding carboxylic acids is 1. The Morgan fingerprint density at radius 1 is 1.07 bits per heavy atom. The molecule has 4 heterocycles. The van der Waals surface area contributed by atoms with Crippen LogP contribution in [0.25, 0.3) is 28.1 Å². The summed E-state index contributed by atoms with van der Waals surface area (Å²) in [6.45, 7) is 3.51. The van der Waals surface area contributed by atoms with E-state index < -0.39 is 29.3 Å². The molecule has 222 valence electrons. The first kappa shape index (κ1) is 28.1. The summed E-state index contributed by atoms with van der Waals surface area (Å²) >= 11 is 0. The van der Waals surface area contributed by atoms with Gasteiger partial charge in [0.2, 0.25) is 5.89 Å². The van der Waals surface area contributed by atoms with E-state index in [9.17, 15) is 22.4 Å².